The highest BCUT2D eigenvalue weighted by Gasteiger charge is 2.43. The molecule has 101 heavy (non-hydrogen) atoms. The van der Waals surface area contributed by atoms with Crippen LogP contribution in [0.5, 0.6) is 0 Å². The Bertz CT molecular complexity index is 3110. The Balaban J connectivity index is 2.27. The molecule has 14 atom stereocenters. The minimum absolute atomic E-state index is 0.0539. The molecule has 566 valence electrons. The van der Waals surface area contributed by atoms with E-state index in [-0.39, 0.29) is 76.1 Å². The quantitative estimate of drug-likeness (QED) is 0.148. The summed E-state index contributed by atoms with van der Waals surface area (Å²) in [5.74, 6) is -10.5. The third-order valence-corrected chi connectivity index (χ3v) is 18.9. The average molecular weight is 1420 g/mol. The Morgan fingerprint density at radius 2 is 0.911 bits per heavy atom. The smallest absolute Gasteiger partial charge is 0.247 e. The number of hydrogen-bond acceptors (Lipinski definition) is 15. The monoisotopic (exact) mass is 1410 g/mol. The number of aliphatic hydroxyl groups excluding tert-OH is 1. The van der Waals surface area contributed by atoms with E-state index in [1.807, 2.05) is 66.7 Å². The molecule has 3 rings (SSSR count). The van der Waals surface area contributed by atoms with Crippen LogP contribution in [-0.2, 0) is 75.1 Å². The summed E-state index contributed by atoms with van der Waals surface area (Å²) in [7, 11) is 10.2. The van der Waals surface area contributed by atoms with Gasteiger partial charge in [-0.25, -0.2) is 0 Å². The van der Waals surface area contributed by atoms with Crippen molar-refractivity contribution in [2.75, 3.05) is 75.6 Å². The Kier molecular flexibility index (Phi) is 34.7. The van der Waals surface area contributed by atoms with Crippen LogP contribution in [0.2, 0.25) is 0 Å². The Labute approximate surface area is 600 Å². The van der Waals surface area contributed by atoms with E-state index >= 15 is 4.79 Å². The van der Waals surface area contributed by atoms with E-state index in [0.29, 0.717) is 12.0 Å². The van der Waals surface area contributed by atoms with Crippen LogP contribution in [0.1, 0.15) is 148 Å². The van der Waals surface area contributed by atoms with Gasteiger partial charge >= 0.3 is 0 Å². The fourth-order valence-corrected chi connectivity index (χ4v) is 12.4. The van der Waals surface area contributed by atoms with Gasteiger partial charge in [-0.1, -0.05) is 136 Å². The van der Waals surface area contributed by atoms with Gasteiger partial charge in [0.2, 0.25) is 65.0 Å². The fraction of sp³-hybridized carbons (Fsp3) is 0.680. The van der Waals surface area contributed by atoms with Gasteiger partial charge in [0.15, 0.2) is 5.78 Å². The third-order valence-electron chi connectivity index (χ3n) is 18.9. The zero-order valence-electron chi connectivity index (χ0n) is 64.5. The molecular weight excluding hydrogens is 1290 g/mol. The molecular formula is C75H122N12O14. The summed E-state index contributed by atoms with van der Waals surface area (Å²) in [4.78, 5) is 185. The van der Waals surface area contributed by atoms with Gasteiger partial charge in [0.05, 0.1) is 36.8 Å². The van der Waals surface area contributed by atoms with Crippen molar-refractivity contribution in [3.8, 4) is 0 Å². The first-order chi connectivity index (χ1) is 47.0. The van der Waals surface area contributed by atoms with Gasteiger partial charge in [0, 0.05) is 74.8 Å². The first kappa shape index (κ1) is 87.4. The molecule has 1 aliphatic heterocycles. The summed E-state index contributed by atoms with van der Waals surface area (Å²) in [6, 6.07) is 5.23. The van der Waals surface area contributed by atoms with Crippen LogP contribution in [0.3, 0.4) is 0 Å². The molecule has 0 aromatic heterocycles. The number of Topliss-reactive ketones (excluding diaryl/α,β-unsaturated/α-hetero) is 1. The molecule has 0 saturated carbocycles. The normalized spacial score (nSPS) is 26.6. The van der Waals surface area contributed by atoms with Crippen molar-refractivity contribution in [2.24, 2.45) is 35.5 Å². The van der Waals surface area contributed by atoms with Crippen LogP contribution in [-0.4, -0.2) is 258 Å². The van der Waals surface area contributed by atoms with Crippen molar-refractivity contribution in [3.63, 3.8) is 0 Å². The molecule has 1 aliphatic rings. The molecule has 0 spiro atoms. The van der Waals surface area contributed by atoms with Crippen molar-refractivity contribution in [2.45, 2.75) is 221 Å². The number of aliphatic hydroxyl groups is 1. The first-order valence-corrected chi connectivity index (χ1v) is 35.7. The van der Waals surface area contributed by atoms with Gasteiger partial charge in [-0.3, -0.25) is 57.5 Å². The molecule has 11 amide bonds. The Morgan fingerprint density at radius 3 is 1.38 bits per heavy atom. The molecule has 2 aromatic rings. The Hall–Kier alpha value is -7.84. The number of carbonyl (C=O) groups excluding carboxylic acids is 12. The topological polar surface area (TPSA) is 317 Å². The largest absolute Gasteiger partial charge is 0.391 e. The summed E-state index contributed by atoms with van der Waals surface area (Å²) in [6.07, 6.45) is -0.728. The van der Waals surface area contributed by atoms with Crippen LogP contribution in [0.4, 0.5) is 0 Å². The fourth-order valence-electron chi connectivity index (χ4n) is 12.4. The third kappa shape index (κ3) is 25.9. The number of nitrogens with one attached hydrogen (secondary N) is 5. The second-order valence-corrected chi connectivity index (χ2v) is 30.2. The van der Waals surface area contributed by atoms with E-state index in [0.717, 1.165) is 5.56 Å². The van der Waals surface area contributed by atoms with E-state index in [9.17, 15) is 57.8 Å². The highest BCUT2D eigenvalue weighted by atomic mass is 16.5. The maximum Gasteiger partial charge on any atom is 0.247 e. The van der Waals surface area contributed by atoms with Crippen LogP contribution in [0.15, 0.2) is 60.7 Å². The zero-order valence-corrected chi connectivity index (χ0v) is 64.5. The number of likely N-dealkylation sites (N-methyl/N-ethyl adjacent to an activating group) is 7. The zero-order chi connectivity index (χ0) is 76.8. The molecule has 0 aliphatic carbocycles. The second kappa shape index (κ2) is 40.1. The van der Waals surface area contributed by atoms with Crippen molar-refractivity contribution >= 4 is 70.8 Å². The number of carbonyl (C=O) groups is 12. The lowest BCUT2D eigenvalue weighted by atomic mass is 9.94. The summed E-state index contributed by atoms with van der Waals surface area (Å²) < 4.78 is 6.15. The van der Waals surface area contributed by atoms with E-state index in [1.165, 1.54) is 104 Å². The Morgan fingerprint density at radius 1 is 0.485 bits per heavy atom. The molecule has 1 heterocycles. The predicted molar refractivity (Wildman–Crippen MR) is 388 cm³/mol. The van der Waals surface area contributed by atoms with Crippen molar-refractivity contribution in [3.05, 3.63) is 71.8 Å². The molecule has 2 aromatic carbocycles. The predicted octanol–water partition coefficient (Wildman–Crippen LogP) is 3.70. The van der Waals surface area contributed by atoms with Crippen LogP contribution >= 0.6 is 0 Å². The van der Waals surface area contributed by atoms with E-state index < -0.39 is 161 Å². The number of amides is 11. The van der Waals surface area contributed by atoms with E-state index in [2.05, 4.69) is 26.6 Å². The van der Waals surface area contributed by atoms with Crippen LogP contribution < -0.4 is 26.6 Å². The van der Waals surface area contributed by atoms with E-state index in [1.54, 1.807) is 84.0 Å². The van der Waals surface area contributed by atoms with Gasteiger partial charge in [-0.15, -0.1) is 0 Å². The molecule has 26 heteroatoms. The minimum Gasteiger partial charge on any atom is -0.391 e. The number of ether oxygens (including phenoxy) is 1. The lowest BCUT2D eigenvalue weighted by molar-refractivity contribution is -0.150. The number of benzene rings is 2. The number of nitrogens with zero attached hydrogens (tertiary/aromatic N) is 7. The van der Waals surface area contributed by atoms with Gasteiger partial charge in [-0.05, 0) is 102 Å². The standard InChI is InChI=1S/C75H122N12O14/c1-24-47(8)63-74(100)81(17)42-49(10)69(95)85(21)59(36-45(4)5)65(91)79-56(43-101-75(14,15)16)73(99)86(22)58(35-44(2)3)64(90)77-50(11)70(96)82(18)51(12)71(97)83(19)57(39-54-33-29-26-30-34-54)61(89)41-76-40-48(9)68(94)84(20)60(37-46(6)7)66(92)80-62(52(13)88)67(93)78-55(72(98)87(63)23)38-53-31-27-25-28-32-53/h25-34,44-52,55-60,62-63,76,88H,24,35-43H2,1-23H3,(H,77,90)(H,78,93)(H,79,91)(H,80,92)/t47-,48+,49+,50-,51-,52+,55-,56-,57-,58-,59-,60?,62-,63-/m0/s1. The number of rotatable bonds is 15. The minimum atomic E-state index is -1.65. The van der Waals surface area contributed by atoms with Crippen LogP contribution in [0.25, 0.3) is 0 Å². The molecule has 26 nitrogen and oxygen atoms in total. The number of ketones is 1. The van der Waals surface area contributed by atoms with E-state index in [4.69, 9.17) is 4.74 Å². The summed E-state index contributed by atoms with van der Waals surface area (Å²) >= 11 is 0. The van der Waals surface area contributed by atoms with Gasteiger partial charge in [0.25, 0.3) is 0 Å². The average Bonchev–Trinajstić information content (AvgIpc) is 0.826. The van der Waals surface area contributed by atoms with Gasteiger partial charge in [0.1, 0.15) is 54.4 Å². The van der Waals surface area contributed by atoms with Crippen molar-refractivity contribution in [1.29, 1.82) is 0 Å². The molecule has 1 saturated heterocycles. The lowest BCUT2D eigenvalue weighted by Gasteiger charge is -2.38. The number of hydrogen-bond donors (Lipinski definition) is 6. The van der Waals surface area contributed by atoms with Gasteiger partial charge in [-0.2, -0.15) is 0 Å². The highest BCUT2D eigenvalue weighted by Crippen LogP contribution is 2.24. The summed E-state index contributed by atoms with van der Waals surface area (Å²) in [5, 5.41) is 25.4. The van der Waals surface area contributed by atoms with Gasteiger partial charge < -0.3 is 70.7 Å². The summed E-state index contributed by atoms with van der Waals surface area (Å²) in [5.41, 5.74) is 0.549. The van der Waals surface area contributed by atoms with Crippen LogP contribution in [0, 0.1) is 35.5 Å². The van der Waals surface area contributed by atoms with Crippen molar-refractivity contribution < 1.29 is 67.4 Å². The molecule has 6 N–H and O–H groups in total. The molecule has 1 unspecified atom stereocenters. The maximum absolute atomic E-state index is 15.2. The maximum atomic E-state index is 15.2. The second-order valence-electron chi connectivity index (χ2n) is 30.2. The lowest BCUT2D eigenvalue weighted by Crippen LogP contribution is -2.62. The first-order valence-electron chi connectivity index (χ1n) is 35.7. The van der Waals surface area contributed by atoms with Crippen molar-refractivity contribution in [1.82, 2.24) is 60.9 Å². The SMILES string of the molecule is CC[C@H](C)[C@H]1C(=O)N(C)C[C@@H](C)C(=O)N(C)[C@@H](CC(C)C)C(=O)N[C@@H](COC(C)(C)C)C(=O)N(C)[C@@H](CC(C)C)C(=O)N[C@@H](C)C(=O)N(C)[C@@H](C)C(=O)N(C)[C@@H](Cc2ccccc2)C(=O)CNC[C@@H](C)C(=O)N(C)C(CC(C)C)C(=O)N[C@@H]([C@@H](C)O)C(=O)N[C@@H](Cc2ccccc2)C(=O)N1C. The molecule has 0 radical (unpaired) electrons. The molecule has 0 bridgehead atoms. The highest BCUT2D eigenvalue weighted by molar-refractivity contribution is 5.99. The summed E-state index contributed by atoms with van der Waals surface area (Å²) in [6.45, 7) is 26.7. The molecule has 1 fully saturated rings.